The maximum absolute atomic E-state index is 12.9. The number of hydrogen-bond donors (Lipinski definition) is 2. The van der Waals surface area contributed by atoms with E-state index in [1.807, 2.05) is 28.8 Å². The highest BCUT2D eigenvalue weighted by Gasteiger charge is 2.45. The van der Waals surface area contributed by atoms with Crippen molar-refractivity contribution in [2.75, 3.05) is 13.1 Å². The number of nitrogens with zero attached hydrogens (tertiary/aromatic N) is 3. The number of aromatic nitrogens is 2. The summed E-state index contributed by atoms with van der Waals surface area (Å²) in [6, 6.07) is 12.2. The van der Waals surface area contributed by atoms with E-state index in [-0.39, 0.29) is 29.6 Å². The van der Waals surface area contributed by atoms with Gasteiger partial charge in [-0.2, -0.15) is 0 Å². The topological polar surface area (TPSA) is 111 Å². The maximum atomic E-state index is 12.9. The van der Waals surface area contributed by atoms with Gasteiger partial charge in [0.25, 0.3) is 5.91 Å². The van der Waals surface area contributed by atoms with E-state index < -0.39 is 5.91 Å². The third kappa shape index (κ3) is 4.35. The second kappa shape index (κ2) is 8.85. The summed E-state index contributed by atoms with van der Waals surface area (Å²) in [5, 5.41) is 9.45. The molecule has 2 fully saturated rings. The van der Waals surface area contributed by atoms with Crippen LogP contribution in [0, 0.1) is 11.8 Å². The van der Waals surface area contributed by atoms with Crippen molar-refractivity contribution in [2.24, 2.45) is 24.6 Å². The highest BCUT2D eigenvalue weighted by atomic mass is 16.5. The van der Waals surface area contributed by atoms with Crippen molar-refractivity contribution in [2.45, 2.75) is 25.4 Å². The summed E-state index contributed by atoms with van der Waals surface area (Å²) in [7, 11) is 1.89. The molecule has 1 saturated carbocycles. The zero-order valence-corrected chi connectivity index (χ0v) is 19.1. The first-order chi connectivity index (χ1) is 16.4. The average Bonchev–Trinajstić information content (AvgIpc) is 3.34. The van der Waals surface area contributed by atoms with Gasteiger partial charge in [0.2, 0.25) is 5.91 Å². The average molecular weight is 461 g/mol. The number of aromatic hydroxyl groups is 1. The van der Waals surface area contributed by atoms with Crippen molar-refractivity contribution in [3.05, 3.63) is 66.1 Å². The monoisotopic (exact) mass is 460 g/mol. The summed E-state index contributed by atoms with van der Waals surface area (Å²) in [6.07, 6.45) is 5.80. The van der Waals surface area contributed by atoms with Crippen LogP contribution < -0.4 is 10.5 Å². The Bertz CT molecular complexity index is 1210. The number of piperidine rings is 1. The standard InChI is InChI=1S/C26H28N4O4/c1-29-14-22(28-15-29)17-6-9-23(21(11-17)26(27)33)34-25-18-4-5-19(25)13-30(12-18)24(32)10-16-2-7-20(31)8-3-16/h2-3,6-9,11,14-15,18-19,25,31H,4-5,10,12-13H2,1H3,(H2,27,33)/t18-,19+,25-. The van der Waals surface area contributed by atoms with Crippen LogP contribution in [-0.2, 0) is 18.3 Å². The molecule has 176 valence electrons. The Hall–Kier alpha value is -3.81. The molecule has 2 heterocycles. The number of imidazole rings is 1. The zero-order chi connectivity index (χ0) is 23.8. The minimum Gasteiger partial charge on any atom is -0.508 e. The number of rotatable bonds is 6. The van der Waals surface area contributed by atoms with Gasteiger partial charge in [-0.3, -0.25) is 9.59 Å². The number of amides is 2. The molecule has 3 atom stereocenters. The maximum Gasteiger partial charge on any atom is 0.252 e. The van der Waals surface area contributed by atoms with Crippen LogP contribution in [0.5, 0.6) is 11.5 Å². The third-order valence-electron chi connectivity index (χ3n) is 6.90. The first-order valence-corrected chi connectivity index (χ1v) is 11.5. The Kier molecular flexibility index (Phi) is 5.73. The number of primary amides is 1. The van der Waals surface area contributed by atoms with Gasteiger partial charge in [-0.25, -0.2) is 4.98 Å². The zero-order valence-electron chi connectivity index (χ0n) is 19.1. The predicted molar refractivity (Wildman–Crippen MR) is 126 cm³/mol. The van der Waals surface area contributed by atoms with Crippen molar-refractivity contribution in [1.82, 2.24) is 14.5 Å². The number of phenolic OH excluding ortho intramolecular Hbond substituents is 1. The first kappa shape index (κ1) is 22.0. The van der Waals surface area contributed by atoms with Crippen LogP contribution in [-0.4, -0.2) is 50.6 Å². The molecule has 2 aliphatic rings. The fraction of sp³-hybridized carbons (Fsp3) is 0.346. The van der Waals surface area contributed by atoms with Crippen molar-refractivity contribution >= 4 is 11.8 Å². The number of aryl methyl sites for hydroxylation is 1. The molecule has 3 N–H and O–H groups in total. The molecular formula is C26H28N4O4. The number of phenols is 1. The number of nitrogens with two attached hydrogens (primary N) is 1. The number of ether oxygens (including phenoxy) is 1. The van der Waals surface area contributed by atoms with Crippen LogP contribution in [0.25, 0.3) is 11.3 Å². The molecule has 8 nitrogen and oxygen atoms in total. The summed E-state index contributed by atoms with van der Waals surface area (Å²) < 4.78 is 8.24. The van der Waals surface area contributed by atoms with Crippen LogP contribution in [0.15, 0.2) is 55.0 Å². The van der Waals surface area contributed by atoms with E-state index in [0.717, 1.165) is 29.7 Å². The van der Waals surface area contributed by atoms with E-state index in [9.17, 15) is 14.7 Å². The minimum absolute atomic E-state index is 0.0588. The number of benzene rings is 2. The Morgan fingerprint density at radius 3 is 2.44 bits per heavy atom. The lowest BCUT2D eigenvalue weighted by Crippen LogP contribution is -2.49. The quantitative estimate of drug-likeness (QED) is 0.588. The van der Waals surface area contributed by atoms with E-state index in [0.29, 0.717) is 30.8 Å². The molecular weight excluding hydrogens is 432 g/mol. The van der Waals surface area contributed by atoms with Gasteiger partial charge in [-0.1, -0.05) is 12.1 Å². The second-order valence-electron chi connectivity index (χ2n) is 9.32. The molecule has 2 amide bonds. The van der Waals surface area contributed by atoms with Crippen LogP contribution in [0.2, 0.25) is 0 Å². The smallest absolute Gasteiger partial charge is 0.252 e. The molecule has 0 radical (unpaired) electrons. The predicted octanol–water partition coefficient (Wildman–Crippen LogP) is 2.75. The highest BCUT2D eigenvalue weighted by molar-refractivity contribution is 5.97. The van der Waals surface area contributed by atoms with E-state index in [1.54, 1.807) is 42.7 Å². The van der Waals surface area contributed by atoms with E-state index in [2.05, 4.69) is 4.98 Å². The Labute approximate surface area is 198 Å². The molecule has 8 heteroatoms. The number of fused-ring (bicyclic) bond motifs is 2. The minimum atomic E-state index is -0.540. The van der Waals surface area contributed by atoms with Gasteiger partial charge in [-0.15, -0.1) is 0 Å². The molecule has 1 aliphatic carbocycles. The molecule has 2 aromatic carbocycles. The summed E-state index contributed by atoms with van der Waals surface area (Å²) in [5.74, 6) is 0.631. The van der Waals surface area contributed by atoms with Gasteiger partial charge in [0.05, 0.1) is 24.0 Å². The van der Waals surface area contributed by atoms with Crippen molar-refractivity contribution in [3.63, 3.8) is 0 Å². The number of carbonyl (C=O) groups excluding carboxylic acids is 2. The van der Waals surface area contributed by atoms with Crippen LogP contribution in [0.4, 0.5) is 0 Å². The highest BCUT2D eigenvalue weighted by Crippen LogP contribution is 2.40. The summed E-state index contributed by atoms with van der Waals surface area (Å²) in [4.78, 5) is 31.4. The molecule has 5 rings (SSSR count). The van der Waals surface area contributed by atoms with E-state index in [4.69, 9.17) is 10.5 Å². The lowest BCUT2D eigenvalue weighted by molar-refractivity contribution is -0.134. The van der Waals surface area contributed by atoms with Gasteiger partial charge in [0.15, 0.2) is 0 Å². The molecule has 0 unspecified atom stereocenters. The second-order valence-corrected chi connectivity index (χ2v) is 9.32. The molecule has 1 aromatic heterocycles. The molecule has 1 aliphatic heterocycles. The van der Waals surface area contributed by atoms with Crippen molar-refractivity contribution in [3.8, 4) is 22.8 Å². The van der Waals surface area contributed by atoms with E-state index in [1.165, 1.54) is 0 Å². The van der Waals surface area contributed by atoms with Gasteiger partial charge >= 0.3 is 0 Å². The summed E-state index contributed by atoms with van der Waals surface area (Å²) in [5.41, 5.74) is 8.48. The summed E-state index contributed by atoms with van der Waals surface area (Å²) in [6.45, 7) is 1.27. The molecule has 2 bridgehead atoms. The van der Waals surface area contributed by atoms with Crippen LogP contribution >= 0.6 is 0 Å². The van der Waals surface area contributed by atoms with E-state index >= 15 is 0 Å². The molecule has 0 spiro atoms. The number of likely N-dealkylation sites (tertiary alicyclic amines) is 1. The SMILES string of the molecule is Cn1cnc(-c2ccc(O[C@@H]3[C@@H]4CC[C@H]3CN(C(=O)Cc3ccc(O)cc3)C4)c(C(N)=O)c2)c1. The van der Waals surface area contributed by atoms with Gasteiger partial charge < -0.3 is 25.0 Å². The normalized spacial score (nSPS) is 21.4. The van der Waals surface area contributed by atoms with Gasteiger partial charge in [-0.05, 0) is 48.7 Å². The fourth-order valence-electron chi connectivity index (χ4n) is 5.16. The Morgan fingerprint density at radius 1 is 1.12 bits per heavy atom. The van der Waals surface area contributed by atoms with Crippen LogP contribution in [0.1, 0.15) is 28.8 Å². The van der Waals surface area contributed by atoms with Crippen molar-refractivity contribution < 1.29 is 19.4 Å². The lowest BCUT2D eigenvalue weighted by Gasteiger charge is -2.38. The molecule has 3 aromatic rings. The van der Waals surface area contributed by atoms with Gasteiger partial charge in [0.1, 0.15) is 17.6 Å². The first-order valence-electron chi connectivity index (χ1n) is 11.5. The number of hydrogen-bond acceptors (Lipinski definition) is 5. The largest absolute Gasteiger partial charge is 0.508 e. The lowest BCUT2D eigenvalue weighted by atomic mass is 9.94. The van der Waals surface area contributed by atoms with Gasteiger partial charge in [0, 0.05) is 43.7 Å². The Balaban J connectivity index is 1.29. The van der Waals surface area contributed by atoms with Crippen LogP contribution in [0.3, 0.4) is 0 Å². The van der Waals surface area contributed by atoms with Crippen molar-refractivity contribution in [1.29, 1.82) is 0 Å². The number of carbonyl (C=O) groups is 2. The fourth-order valence-corrected chi connectivity index (χ4v) is 5.16. The third-order valence-corrected chi connectivity index (χ3v) is 6.90. The summed E-state index contributed by atoms with van der Waals surface area (Å²) >= 11 is 0. The Morgan fingerprint density at radius 2 is 1.82 bits per heavy atom. The molecule has 34 heavy (non-hydrogen) atoms. The molecule has 1 saturated heterocycles.